The standard InChI is InChI=1S/C21H23N5O4/c1-13(27)25-8-10-26(11-9-25)15-6-4-14(5-7-15)19-23-20-18(21(28)24-19)16(29-2)12-17(22-20)30-3/h4-7,12H,8-11H2,1-3H3,(H,22,23,24,28). The first-order valence-corrected chi connectivity index (χ1v) is 9.64. The third-order valence-corrected chi connectivity index (χ3v) is 5.28. The third-order valence-electron chi connectivity index (χ3n) is 5.28. The number of hydrogen-bond acceptors (Lipinski definition) is 7. The van der Waals surface area contributed by atoms with Crippen LogP contribution in [-0.4, -0.2) is 66.2 Å². The molecule has 9 heteroatoms. The number of ether oxygens (including phenoxy) is 2. The van der Waals surface area contributed by atoms with Gasteiger partial charge in [0.2, 0.25) is 11.8 Å². The maximum atomic E-state index is 12.7. The number of piperazine rings is 1. The van der Waals surface area contributed by atoms with Crippen LogP contribution in [0.3, 0.4) is 0 Å². The van der Waals surface area contributed by atoms with Crippen molar-refractivity contribution in [3.63, 3.8) is 0 Å². The monoisotopic (exact) mass is 409 g/mol. The molecule has 156 valence electrons. The van der Waals surface area contributed by atoms with Gasteiger partial charge >= 0.3 is 0 Å². The molecule has 0 saturated carbocycles. The van der Waals surface area contributed by atoms with Crippen LogP contribution >= 0.6 is 0 Å². The predicted molar refractivity (Wildman–Crippen MR) is 113 cm³/mol. The van der Waals surface area contributed by atoms with Crippen molar-refractivity contribution < 1.29 is 14.3 Å². The highest BCUT2D eigenvalue weighted by Gasteiger charge is 2.19. The Balaban J connectivity index is 1.63. The van der Waals surface area contributed by atoms with Gasteiger partial charge in [0, 0.05) is 50.4 Å². The van der Waals surface area contributed by atoms with E-state index in [9.17, 15) is 9.59 Å². The summed E-state index contributed by atoms with van der Waals surface area (Å²) < 4.78 is 10.5. The van der Waals surface area contributed by atoms with Gasteiger partial charge in [0.1, 0.15) is 17.0 Å². The van der Waals surface area contributed by atoms with Crippen molar-refractivity contribution >= 4 is 22.6 Å². The Kier molecular flexibility index (Phi) is 5.26. The number of amides is 1. The van der Waals surface area contributed by atoms with Crippen molar-refractivity contribution in [2.75, 3.05) is 45.3 Å². The van der Waals surface area contributed by atoms with Crippen LogP contribution in [0.1, 0.15) is 6.92 Å². The molecule has 1 aliphatic heterocycles. The summed E-state index contributed by atoms with van der Waals surface area (Å²) in [4.78, 5) is 39.8. The number of nitrogens with one attached hydrogen (secondary N) is 1. The average molecular weight is 409 g/mol. The average Bonchev–Trinajstić information content (AvgIpc) is 2.78. The van der Waals surface area contributed by atoms with E-state index in [1.165, 1.54) is 14.2 Å². The van der Waals surface area contributed by atoms with E-state index in [1.54, 1.807) is 13.0 Å². The first kappa shape index (κ1) is 19.7. The molecule has 1 N–H and O–H groups in total. The molecular formula is C21H23N5O4. The molecule has 1 aliphatic rings. The number of pyridine rings is 1. The first-order chi connectivity index (χ1) is 14.5. The van der Waals surface area contributed by atoms with Crippen molar-refractivity contribution in [1.82, 2.24) is 19.9 Å². The minimum Gasteiger partial charge on any atom is -0.496 e. The molecule has 0 bridgehead atoms. The number of rotatable bonds is 4. The smallest absolute Gasteiger partial charge is 0.264 e. The number of anilines is 1. The molecule has 1 amide bonds. The SMILES string of the molecule is COc1cc(OC)c2c(=O)[nH]c(-c3ccc(N4CCN(C(C)=O)CC4)cc3)nc2n1. The Morgan fingerprint density at radius 2 is 1.73 bits per heavy atom. The highest BCUT2D eigenvalue weighted by atomic mass is 16.5. The van der Waals surface area contributed by atoms with E-state index < -0.39 is 0 Å². The molecule has 0 spiro atoms. The molecule has 0 radical (unpaired) electrons. The van der Waals surface area contributed by atoms with E-state index in [0.29, 0.717) is 30.5 Å². The zero-order valence-corrected chi connectivity index (χ0v) is 17.1. The molecule has 0 unspecified atom stereocenters. The number of H-pyrrole nitrogens is 1. The van der Waals surface area contributed by atoms with Crippen LogP contribution in [0.15, 0.2) is 35.1 Å². The van der Waals surface area contributed by atoms with Gasteiger partial charge in [-0.1, -0.05) is 0 Å². The van der Waals surface area contributed by atoms with Crippen molar-refractivity contribution in [2.45, 2.75) is 6.92 Å². The van der Waals surface area contributed by atoms with E-state index in [4.69, 9.17) is 9.47 Å². The van der Waals surface area contributed by atoms with Gasteiger partial charge in [-0.3, -0.25) is 9.59 Å². The van der Waals surface area contributed by atoms with Gasteiger partial charge < -0.3 is 24.3 Å². The zero-order valence-electron chi connectivity index (χ0n) is 17.1. The Bertz CT molecular complexity index is 1130. The highest BCUT2D eigenvalue weighted by Crippen LogP contribution is 2.27. The molecule has 9 nitrogen and oxygen atoms in total. The second-order valence-electron chi connectivity index (χ2n) is 7.02. The third kappa shape index (κ3) is 3.66. The van der Waals surface area contributed by atoms with Crippen LogP contribution in [0.4, 0.5) is 5.69 Å². The molecule has 3 heterocycles. The fourth-order valence-corrected chi connectivity index (χ4v) is 3.60. The largest absolute Gasteiger partial charge is 0.496 e. The van der Waals surface area contributed by atoms with Gasteiger partial charge in [-0.25, -0.2) is 4.98 Å². The first-order valence-electron chi connectivity index (χ1n) is 9.64. The second-order valence-corrected chi connectivity index (χ2v) is 7.02. The molecule has 2 aromatic heterocycles. The van der Waals surface area contributed by atoms with Crippen LogP contribution in [0.5, 0.6) is 11.6 Å². The predicted octanol–water partition coefficient (Wildman–Crippen LogP) is 1.67. The van der Waals surface area contributed by atoms with Gasteiger partial charge in [-0.15, -0.1) is 0 Å². The second kappa shape index (κ2) is 8.02. The lowest BCUT2D eigenvalue weighted by molar-refractivity contribution is -0.129. The minimum atomic E-state index is -0.327. The molecule has 1 saturated heterocycles. The van der Waals surface area contributed by atoms with Crippen LogP contribution in [-0.2, 0) is 4.79 Å². The number of carbonyl (C=O) groups excluding carboxylic acids is 1. The minimum absolute atomic E-state index is 0.109. The number of methoxy groups -OCH3 is 2. The summed E-state index contributed by atoms with van der Waals surface area (Å²) in [7, 11) is 2.98. The topological polar surface area (TPSA) is 101 Å². The maximum absolute atomic E-state index is 12.7. The van der Waals surface area contributed by atoms with Crippen LogP contribution < -0.4 is 19.9 Å². The highest BCUT2D eigenvalue weighted by molar-refractivity contribution is 5.83. The zero-order chi connectivity index (χ0) is 21.3. The number of benzene rings is 1. The quantitative estimate of drug-likeness (QED) is 0.699. The summed E-state index contributed by atoms with van der Waals surface area (Å²) in [5.41, 5.74) is 1.76. The van der Waals surface area contributed by atoms with E-state index in [2.05, 4.69) is 19.9 Å². The molecular weight excluding hydrogens is 386 g/mol. The number of nitrogens with zero attached hydrogens (tertiary/aromatic N) is 4. The normalized spacial score (nSPS) is 14.1. The lowest BCUT2D eigenvalue weighted by Crippen LogP contribution is -2.48. The van der Waals surface area contributed by atoms with E-state index in [1.807, 2.05) is 29.2 Å². The Labute approximate surface area is 173 Å². The van der Waals surface area contributed by atoms with E-state index >= 15 is 0 Å². The summed E-state index contributed by atoms with van der Waals surface area (Å²) >= 11 is 0. The number of carbonyl (C=O) groups is 1. The van der Waals surface area contributed by atoms with Crippen LogP contribution in [0.2, 0.25) is 0 Å². The van der Waals surface area contributed by atoms with Crippen molar-refractivity contribution in [3.05, 3.63) is 40.7 Å². The number of aromatic amines is 1. The lowest BCUT2D eigenvalue weighted by atomic mass is 10.1. The summed E-state index contributed by atoms with van der Waals surface area (Å²) in [5, 5.41) is 0.280. The summed E-state index contributed by atoms with van der Waals surface area (Å²) in [6.07, 6.45) is 0. The summed E-state index contributed by atoms with van der Waals surface area (Å²) in [6.45, 7) is 4.60. The van der Waals surface area contributed by atoms with Crippen molar-refractivity contribution in [3.8, 4) is 23.0 Å². The molecule has 3 aromatic rings. The Morgan fingerprint density at radius 1 is 1.03 bits per heavy atom. The fourth-order valence-electron chi connectivity index (χ4n) is 3.60. The molecule has 1 aromatic carbocycles. The number of hydrogen-bond donors (Lipinski definition) is 1. The molecule has 30 heavy (non-hydrogen) atoms. The molecule has 0 atom stereocenters. The fraction of sp³-hybridized carbons (Fsp3) is 0.333. The van der Waals surface area contributed by atoms with Crippen LogP contribution in [0, 0.1) is 0 Å². The molecule has 4 rings (SSSR count). The number of aromatic nitrogens is 3. The summed E-state index contributed by atoms with van der Waals surface area (Å²) in [6, 6.07) is 9.35. The van der Waals surface area contributed by atoms with Gasteiger partial charge in [0.15, 0.2) is 5.65 Å². The number of fused-ring (bicyclic) bond motifs is 1. The van der Waals surface area contributed by atoms with Gasteiger partial charge in [-0.2, -0.15) is 4.98 Å². The Morgan fingerprint density at radius 3 is 2.33 bits per heavy atom. The lowest BCUT2D eigenvalue weighted by Gasteiger charge is -2.35. The Hall–Kier alpha value is -3.62. The van der Waals surface area contributed by atoms with Crippen molar-refractivity contribution in [2.24, 2.45) is 0 Å². The maximum Gasteiger partial charge on any atom is 0.264 e. The van der Waals surface area contributed by atoms with Gasteiger partial charge in [0.25, 0.3) is 5.56 Å². The van der Waals surface area contributed by atoms with Gasteiger partial charge in [-0.05, 0) is 24.3 Å². The van der Waals surface area contributed by atoms with Gasteiger partial charge in [0.05, 0.1) is 14.2 Å². The molecule has 0 aliphatic carbocycles. The van der Waals surface area contributed by atoms with E-state index in [0.717, 1.165) is 24.3 Å². The molecule has 1 fully saturated rings. The van der Waals surface area contributed by atoms with E-state index in [-0.39, 0.29) is 22.5 Å². The van der Waals surface area contributed by atoms with Crippen LogP contribution in [0.25, 0.3) is 22.4 Å². The van der Waals surface area contributed by atoms with Crippen molar-refractivity contribution in [1.29, 1.82) is 0 Å². The summed E-state index contributed by atoms with van der Waals surface area (Å²) in [5.74, 6) is 1.21.